The van der Waals surface area contributed by atoms with Gasteiger partial charge in [-0.05, 0) is 55.5 Å². The number of hydrogen-bond donors (Lipinski definition) is 1. The third kappa shape index (κ3) is 7.54. The molecule has 1 aromatic rings. The molecule has 0 aliphatic carbocycles. The molecule has 132 valence electrons. The summed E-state index contributed by atoms with van der Waals surface area (Å²) < 4.78 is 1.11. The molecule has 1 aromatic carbocycles. The molecule has 0 saturated heterocycles. The summed E-state index contributed by atoms with van der Waals surface area (Å²) >= 11 is 3.53. The molecular weight excluding hydrogens is 366 g/mol. The summed E-state index contributed by atoms with van der Waals surface area (Å²) in [6.45, 7) is 8.71. The third-order valence-corrected chi connectivity index (χ3v) is 4.80. The lowest BCUT2D eigenvalue weighted by Crippen LogP contribution is -2.34. The van der Waals surface area contributed by atoms with Crippen LogP contribution in [-0.2, 0) is 9.59 Å². The number of hydrogen-bond acceptors (Lipinski definition) is 3. The molecule has 3 nitrogen and oxygen atoms in total. The monoisotopic (exact) mass is 393 g/mol. The van der Waals surface area contributed by atoms with E-state index in [1.807, 2.05) is 6.07 Å². The van der Waals surface area contributed by atoms with Crippen molar-refractivity contribution >= 4 is 27.5 Å². The van der Waals surface area contributed by atoms with Crippen LogP contribution >= 0.6 is 15.9 Å². The maximum atomic E-state index is 11.6. The predicted molar refractivity (Wildman–Crippen MR) is 103 cm³/mol. The number of carbonyl (C=O) groups excluding carboxylic acids is 2. The van der Waals surface area contributed by atoms with E-state index in [2.05, 4.69) is 59.9 Å². The summed E-state index contributed by atoms with van der Waals surface area (Å²) in [5, 5.41) is 3.60. The summed E-state index contributed by atoms with van der Waals surface area (Å²) in [6.07, 6.45) is 4.50. The third-order valence-electron chi connectivity index (χ3n) is 4.31. The molecule has 0 spiro atoms. The van der Waals surface area contributed by atoms with Crippen LogP contribution in [0.1, 0.15) is 57.4 Å². The number of halogens is 1. The second-order valence-electron chi connectivity index (χ2n) is 6.16. The fourth-order valence-electron chi connectivity index (χ4n) is 2.79. The molecule has 0 fully saturated rings. The van der Waals surface area contributed by atoms with Crippen LogP contribution in [0.25, 0.3) is 0 Å². The highest BCUT2D eigenvalue weighted by Gasteiger charge is 2.16. The minimum Gasteiger partial charge on any atom is -0.313 e. The number of rotatable bonds is 12. The van der Waals surface area contributed by atoms with Crippen LogP contribution in [0.4, 0.5) is 0 Å². The summed E-state index contributed by atoms with van der Waals surface area (Å²) in [5.74, 6) is 0.251. The van der Waals surface area contributed by atoms with Crippen molar-refractivity contribution in [2.75, 3.05) is 6.54 Å². The molecule has 0 aromatic heterocycles. The molecule has 4 heteroatoms. The Labute approximate surface area is 154 Å². The van der Waals surface area contributed by atoms with E-state index < -0.39 is 0 Å². The molecule has 24 heavy (non-hydrogen) atoms. The minimum absolute atomic E-state index is 0.00552. The Bertz CT molecular complexity index is 556. The molecule has 0 aliphatic rings. The van der Waals surface area contributed by atoms with Gasteiger partial charge in [-0.1, -0.05) is 48.5 Å². The van der Waals surface area contributed by atoms with Gasteiger partial charge in [-0.3, -0.25) is 9.59 Å². The Morgan fingerprint density at radius 2 is 2.08 bits per heavy atom. The summed E-state index contributed by atoms with van der Waals surface area (Å²) in [6, 6.07) is 8.86. The first-order chi connectivity index (χ1) is 11.5. The lowest BCUT2D eigenvalue weighted by atomic mass is 9.91. The van der Waals surface area contributed by atoms with Crippen LogP contribution in [0.3, 0.4) is 0 Å². The smallest absolute Gasteiger partial charge is 0.162 e. The highest BCUT2D eigenvalue weighted by molar-refractivity contribution is 9.10. The van der Waals surface area contributed by atoms with E-state index in [1.165, 1.54) is 11.6 Å². The van der Waals surface area contributed by atoms with Gasteiger partial charge in [0.2, 0.25) is 0 Å². The molecule has 1 N–H and O–H groups in total. The zero-order valence-corrected chi connectivity index (χ0v) is 16.3. The van der Waals surface area contributed by atoms with Crippen molar-refractivity contribution in [2.24, 2.45) is 0 Å². The highest BCUT2D eigenvalue weighted by Crippen LogP contribution is 2.24. The Morgan fingerprint density at radius 1 is 1.33 bits per heavy atom. The Hall–Kier alpha value is -1.26. The van der Waals surface area contributed by atoms with Crippen LogP contribution < -0.4 is 5.32 Å². The average Bonchev–Trinajstić information content (AvgIpc) is 2.57. The fraction of sp³-hybridized carbons (Fsp3) is 0.500. The van der Waals surface area contributed by atoms with Crippen LogP contribution in [0.2, 0.25) is 0 Å². The molecule has 2 atom stereocenters. The van der Waals surface area contributed by atoms with Gasteiger partial charge in [0, 0.05) is 16.9 Å². The summed E-state index contributed by atoms with van der Waals surface area (Å²) in [4.78, 5) is 22.7. The Kier molecular flexibility index (Phi) is 9.80. The second kappa shape index (κ2) is 11.3. The van der Waals surface area contributed by atoms with Gasteiger partial charge in [0.1, 0.15) is 5.78 Å². The van der Waals surface area contributed by atoms with E-state index in [1.54, 1.807) is 0 Å². The molecule has 0 amide bonds. The largest absolute Gasteiger partial charge is 0.313 e. The first kappa shape index (κ1) is 20.8. The number of benzene rings is 1. The van der Waals surface area contributed by atoms with Gasteiger partial charge in [-0.15, -0.1) is 0 Å². The van der Waals surface area contributed by atoms with Crippen molar-refractivity contribution in [1.29, 1.82) is 0 Å². The summed E-state index contributed by atoms with van der Waals surface area (Å²) in [7, 11) is 0. The van der Waals surface area contributed by atoms with Gasteiger partial charge in [-0.2, -0.15) is 0 Å². The minimum atomic E-state index is -0.188. The first-order valence-corrected chi connectivity index (χ1v) is 9.43. The second-order valence-corrected chi connectivity index (χ2v) is 7.07. The number of carbonyl (C=O) groups is 2. The number of nitrogens with one attached hydrogen (secondary N) is 1. The number of ketones is 2. The molecule has 0 bridgehead atoms. The molecule has 0 aliphatic heterocycles. The van der Waals surface area contributed by atoms with Crippen molar-refractivity contribution < 1.29 is 9.59 Å². The van der Waals surface area contributed by atoms with Crippen molar-refractivity contribution in [3.63, 3.8) is 0 Å². The zero-order chi connectivity index (χ0) is 17.9. The van der Waals surface area contributed by atoms with Gasteiger partial charge >= 0.3 is 0 Å². The SMILES string of the molecule is C=CC(=O)CC(=O)CCCCNC(CC)C(C)c1cccc(Br)c1. The van der Waals surface area contributed by atoms with E-state index in [9.17, 15) is 9.59 Å². The van der Waals surface area contributed by atoms with Gasteiger partial charge < -0.3 is 5.32 Å². The highest BCUT2D eigenvalue weighted by atomic mass is 79.9. The van der Waals surface area contributed by atoms with Crippen molar-refractivity contribution in [2.45, 2.75) is 57.9 Å². The molecule has 0 heterocycles. The predicted octanol–water partition coefficient (Wildman–Crippen LogP) is 4.81. The van der Waals surface area contributed by atoms with Crippen molar-refractivity contribution in [3.05, 3.63) is 47.0 Å². The van der Waals surface area contributed by atoms with E-state index in [4.69, 9.17) is 0 Å². The van der Waals surface area contributed by atoms with Gasteiger partial charge in [0.25, 0.3) is 0 Å². The normalized spacial score (nSPS) is 13.3. The molecular formula is C20H28BrNO2. The Balaban J connectivity index is 2.32. The van der Waals surface area contributed by atoms with Crippen LogP contribution in [0, 0.1) is 0 Å². The summed E-state index contributed by atoms with van der Waals surface area (Å²) in [5.41, 5.74) is 1.32. The van der Waals surface area contributed by atoms with Gasteiger partial charge in [0.15, 0.2) is 5.78 Å². The quantitative estimate of drug-likeness (QED) is 0.315. The van der Waals surface area contributed by atoms with Crippen LogP contribution in [0.5, 0.6) is 0 Å². The van der Waals surface area contributed by atoms with Gasteiger partial charge in [-0.25, -0.2) is 0 Å². The zero-order valence-electron chi connectivity index (χ0n) is 14.7. The number of unbranched alkanes of at least 4 members (excludes halogenated alkanes) is 1. The fourth-order valence-corrected chi connectivity index (χ4v) is 3.20. The lowest BCUT2D eigenvalue weighted by Gasteiger charge is -2.24. The van der Waals surface area contributed by atoms with E-state index in [-0.39, 0.29) is 18.0 Å². The Morgan fingerprint density at radius 3 is 2.71 bits per heavy atom. The van der Waals surface area contributed by atoms with E-state index in [0.29, 0.717) is 18.4 Å². The lowest BCUT2D eigenvalue weighted by molar-refractivity contribution is -0.124. The van der Waals surface area contributed by atoms with Crippen molar-refractivity contribution in [3.8, 4) is 0 Å². The van der Waals surface area contributed by atoms with Gasteiger partial charge in [0.05, 0.1) is 6.42 Å². The number of allylic oxidation sites excluding steroid dienone is 1. The topological polar surface area (TPSA) is 46.2 Å². The maximum absolute atomic E-state index is 11.6. The average molecular weight is 394 g/mol. The first-order valence-electron chi connectivity index (χ1n) is 8.63. The van der Waals surface area contributed by atoms with Crippen molar-refractivity contribution in [1.82, 2.24) is 5.32 Å². The molecule has 1 rings (SSSR count). The molecule has 2 unspecified atom stereocenters. The molecule has 0 radical (unpaired) electrons. The van der Waals surface area contributed by atoms with Crippen LogP contribution in [0.15, 0.2) is 41.4 Å². The van der Waals surface area contributed by atoms with Crippen LogP contribution in [-0.4, -0.2) is 24.2 Å². The number of Topliss-reactive ketones (excluding diaryl/α,β-unsaturated/α-hetero) is 1. The standard InChI is InChI=1S/C20H28BrNO2/c1-4-18(23)14-19(24)11-6-7-12-22-20(5-2)15(3)16-9-8-10-17(21)13-16/h4,8-10,13,15,20,22H,1,5-7,11-12,14H2,2-3H3. The van der Waals surface area contributed by atoms with E-state index >= 15 is 0 Å². The van der Waals surface area contributed by atoms with E-state index in [0.717, 1.165) is 30.3 Å². The maximum Gasteiger partial charge on any atom is 0.162 e. The molecule has 0 saturated carbocycles.